The molecule has 2 N–H and O–H groups in total. The molecular formula is C12H17NO4S2. The Hall–Kier alpha value is -0.890. The number of benzene rings is 1. The van der Waals surface area contributed by atoms with Crippen molar-refractivity contribution in [1.29, 1.82) is 0 Å². The molecule has 0 saturated heterocycles. The fourth-order valence-electron chi connectivity index (χ4n) is 1.52. The van der Waals surface area contributed by atoms with Crippen LogP contribution in [0.2, 0.25) is 0 Å². The first kappa shape index (κ1) is 16.2. The molecule has 5 nitrogen and oxygen atoms in total. The van der Waals surface area contributed by atoms with Crippen molar-refractivity contribution in [1.82, 2.24) is 5.32 Å². The number of rotatable bonds is 8. The number of hydrogen-bond acceptors (Lipinski definition) is 5. The summed E-state index contributed by atoms with van der Waals surface area (Å²) < 4.78 is 29.4. The lowest BCUT2D eigenvalue weighted by Crippen LogP contribution is -2.28. The molecule has 1 rings (SSSR count). The molecule has 0 heterocycles. The second kappa shape index (κ2) is 7.64. The lowest BCUT2D eigenvalue weighted by molar-refractivity contribution is 0.0929. The van der Waals surface area contributed by atoms with Gasteiger partial charge in [0.05, 0.1) is 0 Å². The van der Waals surface area contributed by atoms with Crippen LogP contribution in [0.5, 0.6) is 0 Å². The largest absolute Gasteiger partial charge is 0.319 e. The summed E-state index contributed by atoms with van der Waals surface area (Å²) >= 11 is 0. The number of hydrogen-bond donors (Lipinski definition) is 2. The lowest BCUT2D eigenvalue weighted by atomic mass is 9.99. The number of carbonyl (C=O) groups is 1. The van der Waals surface area contributed by atoms with Gasteiger partial charge < -0.3 is 5.32 Å². The van der Waals surface area contributed by atoms with Gasteiger partial charge in [-0.1, -0.05) is 37.3 Å². The monoisotopic (exact) mass is 303 g/mol. The first-order valence-corrected chi connectivity index (χ1v) is 8.76. The van der Waals surface area contributed by atoms with Crippen molar-refractivity contribution in [2.45, 2.75) is 6.92 Å². The van der Waals surface area contributed by atoms with Crippen LogP contribution in [-0.4, -0.2) is 37.6 Å². The molecule has 1 aromatic rings. The molecule has 0 aliphatic rings. The first-order valence-electron chi connectivity index (χ1n) is 5.82. The lowest BCUT2D eigenvalue weighted by Gasteiger charge is -2.11. The maximum atomic E-state index is 12.0. The molecule has 0 fully saturated rings. The average molecular weight is 303 g/mol. The summed E-state index contributed by atoms with van der Waals surface area (Å²) in [6.45, 7) is 2.70. The fraction of sp³-hybridized carbons (Fsp3) is 0.417. The molecular weight excluding hydrogens is 286 g/mol. The molecule has 0 amide bonds. The van der Waals surface area contributed by atoms with Gasteiger partial charge in [-0.25, -0.2) is 0 Å². The normalized spacial score (nSPS) is 13.2. The van der Waals surface area contributed by atoms with Crippen molar-refractivity contribution in [2.24, 2.45) is 5.92 Å². The van der Waals surface area contributed by atoms with Crippen LogP contribution < -0.4 is 5.32 Å². The SMILES string of the molecule is CC(CNCCSS(=O)(=O)O)C(=O)c1ccccc1. The van der Waals surface area contributed by atoms with Gasteiger partial charge >= 0.3 is 9.15 Å². The molecule has 0 spiro atoms. The van der Waals surface area contributed by atoms with Gasteiger partial charge in [-0.3, -0.25) is 9.35 Å². The fourth-order valence-corrected chi connectivity index (χ4v) is 2.84. The van der Waals surface area contributed by atoms with Gasteiger partial charge in [-0.15, -0.1) is 0 Å². The third-order valence-electron chi connectivity index (χ3n) is 2.47. The van der Waals surface area contributed by atoms with Gasteiger partial charge in [0, 0.05) is 30.3 Å². The van der Waals surface area contributed by atoms with Crippen LogP contribution in [0.1, 0.15) is 17.3 Å². The summed E-state index contributed by atoms with van der Waals surface area (Å²) in [5, 5.41) is 2.99. The summed E-state index contributed by atoms with van der Waals surface area (Å²) in [6.07, 6.45) is 0. The average Bonchev–Trinajstić information content (AvgIpc) is 2.37. The summed E-state index contributed by atoms with van der Waals surface area (Å²) in [7, 11) is -3.50. The van der Waals surface area contributed by atoms with Gasteiger partial charge in [0.15, 0.2) is 5.78 Å². The molecule has 0 saturated carbocycles. The topological polar surface area (TPSA) is 83.5 Å². The Labute approximate surface area is 116 Å². The van der Waals surface area contributed by atoms with E-state index in [2.05, 4.69) is 5.32 Å². The Kier molecular flexibility index (Phi) is 6.50. The molecule has 0 aliphatic carbocycles. The highest BCUT2D eigenvalue weighted by molar-refractivity contribution is 8.69. The van der Waals surface area contributed by atoms with Crippen molar-refractivity contribution < 1.29 is 17.8 Å². The predicted octanol–water partition coefficient (Wildman–Crippen LogP) is 1.63. The zero-order chi connectivity index (χ0) is 14.3. The highest BCUT2D eigenvalue weighted by Crippen LogP contribution is 2.09. The van der Waals surface area contributed by atoms with Gasteiger partial charge in [-0.05, 0) is 10.8 Å². The van der Waals surface area contributed by atoms with E-state index in [1.165, 1.54) is 0 Å². The molecule has 106 valence electrons. The van der Waals surface area contributed by atoms with Gasteiger partial charge in [-0.2, -0.15) is 8.42 Å². The van der Waals surface area contributed by atoms with Crippen LogP contribution in [0.3, 0.4) is 0 Å². The minimum Gasteiger partial charge on any atom is -0.315 e. The Morgan fingerprint density at radius 3 is 2.58 bits per heavy atom. The number of carbonyl (C=O) groups excluding carboxylic acids is 1. The van der Waals surface area contributed by atoms with Crippen molar-refractivity contribution in [3.8, 4) is 0 Å². The van der Waals surface area contributed by atoms with Crippen LogP contribution in [0.15, 0.2) is 30.3 Å². The summed E-state index contributed by atoms with van der Waals surface area (Å²) in [4.78, 5) is 12.0. The molecule has 1 unspecified atom stereocenters. The zero-order valence-corrected chi connectivity index (χ0v) is 12.2. The highest BCUT2D eigenvalue weighted by atomic mass is 33.1. The molecule has 0 radical (unpaired) electrons. The van der Waals surface area contributed by atoms with Crippen molar-refractivity contribution in [2.75, 3.05) is 18.8 Å². The van der Waals surface area contributed by atoms with Crippen molar-refractivity contribution in [3.63, 3.8) is 0 Å². The predicted molar refractivity (Wildman–Crippen MR) is 76.8 cm³/mol. The smallest absolute Gasteiger partial charge is 0.315 e. The van der Waals surface area contributed by atoms with E-state index in [4.69, 9.17) is 4.55 Å². The molecule has 0 aliphatic heterocycles. The van der Waals surface area contributed by atoms with Crippen molar-refractivity contribution in [3.05, 3.63) is 35.9 Å². The Morgan fingerprint density at radius 2 is 2.00 bits per heavy atom. The van der Waals surface area contributed by atoms with E-state index in [-0.39, 0.29) is 17.5 Å². The summed E-state index contributed by atoms with van der Waals surface area (Å²) in [6, 6.07) is 9.03. The van der Waals surface area contributed by atoms with Gasteiger partial charge in [0.1, 0.15) is 0 Å². The van der Waals surface area contributed by atoms with E-state index in [1.54, 1.807) is 12.1 Å². The molecule has 7 heteroatoms. The quantitative estimate of drug-likeness (QED) is 0.329. The summed E-state index contributed by atoms with van der Waals surface area (Å²) in [5.74, 6) is 0.110. The highest BCUT2D eigenvalue weighted by Gasteiger charge is 2.14. The maximum Gasteiger partial charge on any atom is 0.319 e. The van der Waals surface area contributed by atoms with Gasteiger partial charge in [0.2, 0.25) is 0 Å². The van der Waals surface area contributed by atoms with E-state index < -0.39 is 9.15 Å². The van der Waals surface area contributed by atoms with Crippen molar-refractivity contribution >= 4 is 25.7 Å². The summed E-state index contributed by atoms with van der Waals surface area (Å²) in [5.41, 5.74) is 0.670. The van der Waals surface area contributed by atoms with E-state index in [0.717, 1.165) is 0 Å². The first-order chi connectivity index (χ1) is 8.90. The Balaban J connectivity index is 2.28. The molecule has 1 atom stereocenters. The minimum absolute atomic E-state index is 0.0514. The Morgan fingerprint density at radius 1 is 1.37 bits per heavy atom. The maximum absolute atomic E-state index is 12.0. The zero-order valence-electron chi connectivity index (χ0n) is 10.6. The number of Topliss-reactive ketones (excluding diaryl/α,β-unsaturated/α-hetero) is 1. The third kappa shape index (κ3) is 6.72. The second-order valence-corrected chi connectivity index (χ2v) is 7.56. The van der Waals surface area contributed by atoms with Crippen LogP contribution >= 0.6 is 10.8 Å². The minimum atomic E-state index is -3.97. The molecule has 0 aromatic heterocycles. The third-order valence-corrected chi connectivity index (χ3v) is 4.53. The molecule has 1 aromatic carbocycles. The van der Waals surface area contributed by atoms with Gasteiger partial charge in [0.25, 0.3) is 0 Å². The second-order valence-electron chi connectivity index (χ2n) is 4.09. The van der Waals surface area contributed by atoms with Crippen LogP contribution in [-0.2, 0) is 9.15 Å². The van der Waals surface area contributed by atoms with Crippen LogP contribution in [0.4, 0.5) is 0 Å². The Bertz CT molecular complexity index is 502. The van der Waals surface area contributed by atoms with E-state index in [0.29, 0.717) is 29.4 Å². The standard InChI is InChI=1S/C12H17NO4S2/c1-10(9-13-7-8-18-19(15,16)17)12(14)11-5-3-2-4-6-11/h2-6,10,13H,7-9H2,1H3,(H,15,16,17). The van der Waals surface area contributed by atoms with Crippen LogP contribution in [0.25, 0.3) is 0 Å². The molecule has 19 heavy (non-hydrogen) atoms. The van der Waals surface area contributed by atoms with E-state index in [9.17, 15) is 13.2 Å². The van der Waals surface area contributed by atoms with E-state index >= 15 is 0 Å². The molecule has 0 bridgehead atoms. The number of nitrogens with one attached hydrogen (secondary N) is 1. The van der Waals surface area contributed by atoms with E-state index in [1.807, 2.05) is 25.1 Å². The number of ketones is 1. The van der Waals surface area contributed by atoms with Crippen LogP contribution in [0, 0.1) is 5.92 Å².